The van der Waals surface area contributed by atoms with Crippen LogP contribution in [-0.4, -0.2) is 16.9 Å². The molecule has 0 saturated heterocycles. The number of amides is 3. The molecule has 0 bridgehead atoms. The smallest absolute Gasteiger partial charge is 0.321 e. The molecule has 0 aliphatic heterocycles. The molecular weight excluding hydrogens is 440 g/mol. The van der Waals surface area contributed by atoms with Crippen LogP contribution in [0.3, 0.4) is 0 Å². The molecule has 3 aromatic rings. The zero-order valence-corrected chi connectivity index (χ0v) is 18.0. The standard InChI is InChI=1S/C20H19BrN4O2S/c1-11-4-6-14(7-5-11)24-19(27)25-20-22-13(3)17(28-20)18(26)23-15-8-9-16(21)12(2)10-15/h4-10H,1-3H3,(H,23,26)(H2,22,24,25,27). The summed E-state index contributed by atoms with van der Waals surface area (Å²) in [6.45, 7) is 5.66. The molecule has 0 spiro atoms. The summed E-state index contributed by atoms with van der Waals surface area (Å²) in [4.78, 5) is 29.5. The largest absolute Gasteiger partial charge is 0.325 e. The summed E-state index contributed by atoms with van der Waals surface area (Å²) >= 11 is 4.57. The van der Waals surface area contributed by atoms with Crippen LogP contribution in [0.1, 0.15) is 26.5 Å². The van der Waals surface area contributed by atoms with Gasteiger partial charge in [0.1, 0.15) is 4.88 Å². The summed E-state index contributed by atoms with van der Waals surface area (Å²) < 4.78 is 0.977. The molecule has 144 valence electrons. The molecule has 28 heavy (non-hydrogen) atoms. The summed E-state index contributed by atoms with van der Waals surface area (Å²) in [6, 6.07) is 12.6. The predicted octanol–water partition coefficient (Wildman–Crippen LogP) is 5.73. The Kier molecular flexibility index (Phi) is 6.11. The van der Waals surface area contributed by atoms with Crippen LogP contribution in [0.25, 0.3) is 0 Å². The third-order valence-electron chi connectivity index (χ3n) is 3.95. The van der Waals surface area contributed by atoms with Crippen molar-refractivity contribution in [1.29, 1.82) is 0 Å². The molecular formula is C20H19BrN4O2S. The first-order valence-electron chi connectivity index (χ1n) is 8.51. The van der Waals surface area contributed by atoms with E-state index in [9.17, 15) is 9.59 Å². The number of nitrogens with zero attached hydrogens (tertiary/aromatic N) is 1. The molecule has 3 rings (SSSR count). The topological polar surface area (TPSA) is 83.1 Å². The molecule has 0 unspecified atom stereocenters. The molecule has 0 radical (unpaired) electrons. The molecule has 0 saturated carbocycles. The number of hydrogen-bond donors (Lipinski definition) is 3. The predicted molar refractivity (Wildman–Crippen MR) is 118 cm³/mol. The van der Waals surface area contributed by atoms with Gasteiger partial charge in [0.2, 0.25) is 0 Å². The highest BCUT2D eigenvalue weighted by Crippen LogP contribution is 2.25. The van der Waals surface area contributed by atoms with Crippen LogP contribution in [0.15, 0.2) is 46.9 Å². The van der Waals surface area contributed by atoms with E-state index in [0.717, 1.165) is 26.9 Å². The second-order valence-corrected chi connectivity index (χ2v) is 8.15. The number of anilines is 3. The lowest BCUT2D eigenvalue weighted by Crippen LogP contribution is -2.19. The van der Waals surface area contributed by atoms with Crippen molar-refractivity contribution in [2.45, 2.75) is 20.8 Å². The number of hydrogen-bond acceptors (Lipinski definition) is 4. The minimum absolute atomic E-state index is 0.260. The van der Waals surface area contributed by atoms with E-state index in [0.29, 0.717) is 27.1 Å². The number of aryl methyl sites for hydroxylation is 3. The average Bonchev–Trinajstić information content (AvgIpc) is 3.00. The van der Waals surface area contributed by atoms with Crippen molar-refractivity contribution < 1.29 is 9.59 Å². The molecule has 6 nitrogen and oxygen atoms in total. The minimum Gasteiger partial charge on any atom is -0.321 e. The number of halogens is 1. The van der Waals surface area contributed by atoms with Gasteiger partial charge >= 0.3 is 6.03 Å². The van der Waals surface area contributed by atoms with Gasteiger partial charge < -0.3 is 10.6 Å². The Bertz CT molecular complexity index is 1030. The maximum Gasteiger partial charge on any atom is 0.325 e. The Hall–Kier alpha value is -2.71. The van der Waals surface area contributed by atoms with Crippen LogP contribution in [0.2, 0.25) is 0 Å². The van der Waals surface area contributed by atoms with E-state index in [2.05, 4.69) is 36.9 Å². The van der Waals surface area contributed by atoms with Gasteiger partial charge in [-0.2, -0.15) is 0 Å². The van der Waals surface area contributed by atoms with Crippen molar-refractivity contribution in [3.63, 3.8) is 0 Å². The summed E-state index contributed by atoms with van der Waals surface area (Å²) in [6.07, 6.45) is 0. The fraction of sp³-hybridized carbons (Fsp3) is 0.150. The Balaban J connectivity index is 1.66. The SMILES string of the molecule is Cc1ccc(NC(=O)Nc2nc(C)c(C(=O)Nc3ccc(Br)c(C)c3)s2)cc1. The Labute approximate surface area is 175 Å². The molecule has 3 N–H and O–H groups in total. The Morgan fingerprint density at radius 2 is 1.61 bits per heavy atom. The maximum absolute atomic E-state index is 12.6. The lowest BCUT2D eigenvalue weighted by molar-refractivity contribution is 0.103. The van der Waals surface area contributed by atoms with Crippen LogP contribution < -0.4 is 16.0 Å². The second kappa shape index (κ2) is 8.53. The van der Waals surface area contributed by atoms with E-state index in [1.165, 1.54) is 0 Å². The van der Waals surface area contributed by atoms with Crippen molar-refractivity contribution in [2.75, 3.05) is 16.0 Å². The van der Waals surface area contributed by atoms with Crippen molar-refractivity contribution >= 4 is 55.7 Å². The van der Waals surface area contributed by atoms with Gasteiger partial charge in [0.15, 0.2) is 5.13 Å². The molecule has 8 heteroatoms. The van der Waals surface area contributed by atoms with Crippen molar-refractivity contribution in [1.82, 2.24) is 4.98 Å². The van der Waals surface area contributed by atoms with Gasteiger partial charge in [0.25, 0.3) is 5.91 Å². The number of rotatable bonds is 4. The lowest BCUT2D eigenvalue weighted by atomic mass is 10.2. The van der Waals surface area contributed by atoms with Gasteiger partial charge in [0.05, 0.1) is 5.69 Å². The number of carbonyl (C=O) groups excluding carboxylic acids is 2. The number of urea groups is 1. The number of aromatic nitrogens is 1. The summed E-state index contributed by atoms with van der Waals surface area (Å²) in [5.74, 6) is -0.260. The third-order valence-corrected chi connectivity index (χ3v) is 5.91. The molecule has 0 aliphatic rings. The van der Waals surface area contributed by atoms with Crippen molar-refractivity contribution in [2.24, 2.45) is 0 Å². The van der Waals surface area contributed by atoms with Crippen LogP contribution >= 0.6 is 27.3 Å². The van der Waals surface area contributed by atoms with Crippen LogP contribution in [-0.2, 0) is 0 Å². The Morgan fingerprint density at radius 1 is 0.929 bits per heavy atom. The number of carbonyl (C=O) groups is 2. The van der Waals surface area contributed by atoms with Crippen molar-refractivity contribution in [3.05, 3.63) is 68.6 Å². The van der Waals surface area contributed by atoms with Crippen LogP contribution in [0.4, 0.5) is 21.3 Å². The number of benzene rings is 2. The average molecular weight is 459 g/mol. The third kappa shape index (κ3) is 4.96. The first kappa shape index (κ1) is 20.0. The first-order valence-corrected chi connectivity index (χ1v) is 10.1. The van der Waals surface area contributed by atoms with Gasteiger partial charge in [-0.15, -0.1) is 0 Å². The fourth-order valence-corrected chi connectivity index (χ4v) is 3.57. The van der Waals surface area contributed by atoms with Crippen LogP contribution in [0, 0.1) is 20.8 Å². The fourth-order valence-electron chi connectivity index (χ4n) is 2.47. The van der Waals surface area contributed by atoms with Gasteiger partial charge in [-0.1, -0.05) is 45.0 Å². The molecule has 0 fully saturated rings. The van der Waals surface area contributed by atoms with E-state index in [-0.39, 0.29) is 5.91 Å². The number of thiazole rings is 1. The summed E-state index contributed by atoms with van der Waals surface area (Å²) in [5.41, 5.74) is 4.07. The zero-order chi connectivity index (χ0) is 20.3. The first-order chi connectivity index (χ1) is 13.3. The van der Waals surface area contributed by atoms with E-state index >= 15 is 0 Å². The highest BCUT2D eigenvalue weighted by Gasteiger charge is 2.17. The highest BCUT2D eigenvalue weighted by atomic mass is 79.9. The Morgan fingerprint density at radius 3 is 2.29 bits per heavy atom. The van der Waals surface area contributed by atoms with Gasteiger partial charge in [-0.3, -0.25) is 10.1 Å². The molecule has 2 aromatic carbocycles. The van der Waals surface area contributed by atoms with E-state index in [1.807, 2.05) is 56.3 Å². The van der Waals surface area contributed by atoms with E-state index < -0.39 is 6.03 Å². The minimum atomic E-state index is -0.409. The van der Waals surface area contributed by atoms with E-state index in [4.69, 9.17) is 0 Å². The highest BCUT2D eigenvalue weighted by molar-refractivity contribution is 9.10. The van der Waals surface area contributed by atoms with Gasteiger partial charge in [0, 0.05) is 15.8 Å². The second-order valence-electron chi connectivity index (χ2n) is 6.30. The summed E-state index contributed by atoms with van der Waals surface area (Å²) in [5, 5.41) is 8.63. The van der Waals surface area contributed by atoms with E-state index in [1.54, 1.807) is 6.92 Å². The van der Waals surface area contributed by atoms with Gasteiger partial charge in [-0.05, 0) is 56.7 Å². The van der Waals surface area contributed by atoms with Crippen LogP contribution in [0.5, 0.6) is 0 Å². The molecule has 1 aromatic heterocycles. The van der Waals surface area contributed by atoms with Gasteiger partial charge in [-0.25, -0.2) is 9.78 Å². The monoisotopic (exact) mass is 458 g/mol. The zero-order valence-electron chi connectivity index (χ0n) is 15.6. The van der Waals surface area contributed by atoms with Crippen molar-refractivity contribution in [3.8, 4) is 0 Å². The quantitative estimate of drug-likeness (QED) is 0.466. The number of nitrogens with one attached hydrogen (secondary N) is 3. The molecule has 0 atom stereocenters. The molecule has 0 aliphatic carbocycles. The summed E-state index contributed by atoms with van der Waals surface area (Å²) in [7, 11) is 0. The maximum atomic E-state index is 12.6. The normalized spacial score (nSPS) is 10.4. The molecule has 1 heterocycles. The molecule has 3 amide bonds. The lowest BCUT2D eigenvalue weighted by Gasteiger charge is -2.06.